The van der Waals surface area contributed by atoms with Crippen LogP contribution in [-0.4, -0.2) is 81.1 Å². The van der Waals surface area contributed by atoms with Crippen molar-refractivity contribution in [2.45, 2.75) is 37.8 Å². The first-order chi connectivity index (χ1) is 12.2. The highest BCUT2D eigenvalue weighted by Crippen LogP contribution is 2.26. The van der Waals surface area contributed by atoms with Gasteiger partial charge in [-0.25, -0.2) is 4.98 Å². The van der Waals surface area contributed by atoms with Crippen LogP contribution in [-0.2, 0) is 11.2 Å². The van der Waals surface area contributed by atoms with E-state index in [0.717, 1.165) is 38.4 Å². The summed E-state index contributed by atoms with van der Waals surface area (Å²) in [5, 5.41) is 17.3. The van der Waals surface area contributed by atoms with E-state index in [9.17, 15) is 9.90 Å². The SMILES string of the molecule is CCc1nc(SCC(=O)N2CC(CO)C(CN3CCCCC3)C2)n[nH]1. The molecule has 2 atom stereocenters. The lowest BCUT2D eigenvalue weighted by Crippen LogP contribution is -2.37. The van der Waals surface area contributed by atoms with E-state index in [4.69, 9.17) is 0 Å². The zero-order valence-electron chi connectivity index (χ0n) is 15.0. The summed E-state index contributed by atoms with van der Waals surface area (Å²) in [5.41, 5.74) is 0. The number of aromatic amines is 1. The highest BCUT2D eigenvalue weighted by atomic mass is 32.2. The van der Waals surface area contributed by atoms with Crippen molar-refractivity contribution in [3.63, 3.8) is 0 Å². The van der Waals surface area contributed by atoms with E-state index >= 15 is 0 Å². The minimum Gasteiger partial charge on any atom is -0.396 e. The van der Waals surface area contributed by atoms with Gasteiger partial charge in [-0.1, -0.05) is 25.1 Å². The maximum absolute atomic E-state index is 12.5. The molecule has 25 heavy (non-hydrogen) atoms. The number of H-pyrrole nitrogens is 1. The van der Waals surface area contributed by atoms with E-state index in [1.165, 1.54) is 31.0 Å². The molecule has 2 fully saturated rings. The second kappa shape index (κ2) is 9.00. The second-order valence-corrected chi connectivity index (χ2v) is 8.01. The third-order valence-electron chi connectivity index (χ3n) is 5.28. The summed E-state index contributed by atoms with van der Waals surface area (Å²) in [7, 11) is 0. The number of aryl methyl sites for hydroxylation is 1. The summed E-state index contributed by atoms with van der Waals surface area (Å²) < 4.78 is 0. The molecule has 1 aromatic heterocycles. The van der Waals surface area contributed by atoms with E-state index in [0.29, 0.717) is 23.4 Å². The van der Waals surface area contributed by atoms with Crippen molar-refractivity contribution in [2.75, 3.05) is 45.1 Å². The quantitative estimate of drug-likeness (QED) is 0.700. The molecule has 0 spiro atoms. The Kier molecular flexibility index (Phi) is 6.72. The Morgan fingerprint density at radius 2 is 2.04 bits per heavy atom. The minimum atomic E-state index is 0.118. The van der Waals surface area contributed by atoms with Gasteiger partial charge in [0.2, 0.25) is 11.1 Å². The molecule has 0 aromatic carbocycles. The standard InChI is InChI=1S/C17H29N5O2S/c1-2-15-18-17(20-19-15)25-12-16(24)22-9-13(14(10-22)11-23)8-21-6-4-3-5-7-21/h13-14,23H,2-12H2,1H3,(H,18,19,20). The number of aromatic nitrogens is 3. The van der Waals surface area contributed by atoms with E-state index < -0.39 is 0 Å². The first-order valence-corrected chi connectivity index (χ1v) is 10.3. The van der Waals surface area contributed by atoms with Crippen molar-refractivity contribution in [2.24, 2.45) is 11.8 Å². The van der Waals surface area contributed by atoms with E-state index in [1.807, 2.05) is 11.8 Å². The van der Waals surface area contributed by atoms with Crippen LogP contribution in [0.1, 0.15) is 32.0 Å². The Hall–Kier alpha value is -1.12. The summed E-state index contributed by atoms with van der Waals surface area (Å²) in [6.07, 6.45) is 4.68. The fraction of sp³-hybridized carbons (Fsp3) is 0.824. The second-order valence-electron chi connectivity index (χ2n) is 7.07. The minimum absolute atomic E-state index is 0.118. The van der Waals surface area contributed by atoms with Crippen LogP contribution in [0.4, 0.5) is 0 Å². The van der Waals surface area contributed by atoms with Crippen molar-refractivity contribution >= 4 is 17.7 Å². The van der Waals surface area contributed by atoms with Gasteiger partial charge in [-0.3, -0.25) is 9.89 Å². The molecule has 2 unspecified atom stereocenters. The Morgan fingerprint density at radius 3 is 2.72 bits per heavy atom. The number of hydrogen-bond donors (Lipinski definition) is 2. The molecule has 0 bridgehead atoms. The number of thioether (sulfide) groups is 1. The molecule has 3 rings (SSSR count). The van der Waals surface area contributed by atoms with Crippen LogP contribution < -0.4 is 0 Å². The molecule has 2 N–H and O–H groups in total. The van der Waals surface area contributed by atoms with E-state index in [-0.39, 0.29) is 18.4 Å². The van der Waals surface area contributed by atoms with Gasteiger partial charge in [0.15, 0.2) is 0 Å². The Balaban J connectivity index is 1.49. The number of carbonyl (C=O) groups excluding carboxylic acids is 1. The van der Waals surface area contributed by atoms with Crippen LogP contribution >= 0.6 is 11.8 Å². The number of rotatable bonds is 7. The van der Waals surface area contributed by atoms with Gasteiger partial charge in [-0.2, -0.15) is 0 Å². The third kappa shape index (κ3) is 4.95. The monoisotopic (exact) mass is 367 g/mol. The molecule has 1 aromatic rings. The summed E-state index contributed by atoms with van der Waals surface area (Å²) >= 11 is 1.38. The number of hydrogen-bond acceptors (Lipinski definition) is 6. The fourth-order valence-electron chi connectivity index (χ4n) is 3.75. The third-order valence-corrected chi connectivity index (χ3v) is 6.11. The molecule has 8 heteroatoms. The Labute approximate surface area is 153 Å². The zero-order chi connectivity index (χ0) is 17.6. The van der Waals surface area contributed by atoms with Gasteiger partial charge in [0.05, 0.1) is 5.75 Å². The highest BCUT2D eigenvalue weighted by molar-refractivity contribution is 7.99. The molecule has 3 heterocycles. The zero-order valence-corrected chi connectivity index (χ0v) is 15.8. The van der Waals surface area contributed by atoms with Gasteiger partial charge >= 0.3 is 0 Å². The molecule has 0 radical (unpaired) electrons. The number of amides is 1. The summed E-state index contributed by atoms with van der Waals surface area (Å²) in [6, 6.07) is 0. The van der Waals surface area contributed by atoms with Gasteiger partial charge in [0.25, 0.3) is 0 Å². The number of aliphatic hydroxyl groups is 1. The Morgan fingerprint density at radius 1 is 1.28 bits per heavy atom. The average molecular weight is 368 g/mol. The van der Waals surface area contributed by atoms with Gasteiger partial charge in [-0.05, 0) is 31.8 Å². The van der Waals surface area contributed by atoms with E-state index in [2.05, 4.69) is 20.1 Å². The summed E-state index contributed by atoms with van der Waals surface area (Å²) in [6.45, 7) is 6.92. The van der Waals surface area contributed by atoms with Gasteiger partial charge in [0, 0.05) is 38.6 Å². The molecule has 2 aliphatic rings. The number of aliphatic hydroxyl groups excluding tert-OH is 1. The van der Waals surface area contributed by atoms with Crippen molar-refractivity contribution in [1.29, 1.82) is 0 Å². The van der Waals surface area contributed by atoms with Crippen LogP contribution in [0, 0.1) is 11.8 Å². The predicted molar refractivity (Wildman–Crippen MR) is 97.4 cm³/mol. The van der Waals surface area contributed by atoms with Gasteiger partial charge in [0.1, 0.15) is 5.82 Å². The molecule has 1 amide bonds. The van der Waals surface area contributed by atoms with Crippen molar-refractivity contribution in [3.05, 3.63) is 5.82 Å². The molecular weight excluding hydrogens is 338 g/mol. The van der Waals surface area contributed by atoms with Crippen molar-refractivity contribution < 1.29 is 9.90 Å². The predicted octanol–water partition coefficient (Wildman–Crippen LogP) is 1.01. The van der Waals surface area contributed by atoms with Crippen LogP contribution in [0.15, 0.2) is 5.16 Å². The molecule has 140 valence electrons. The number of likely N-dealkylation sites (tertiary alicyclic amines) is 2. The Bertz CT molecular complexity index is 561. The normalized spacial score (nSPS) is 24.8. The first-order valence-electron chi connectivity index (χ1n) is 9.34. The number of piperidine rings is 1. The van der Waals surface area contributed by atoms with Crippen LogP contribution in [0.2, 0.25) is 0 Å². The van der Waals surface area contributed by atoms with Crippen molar-refractivity contribution in [3.8, 4) is 0 Å². The van der Waals surface area contributed by atoms with Gasteiger partial charge < -0.3 is 14.9 Å². The largest absolute Gasteiger partial charge is 0.396 e. The molecular formula is C17H29N5O2S. The van der Waals surface area contributed by atoms with E-state index in [1.54, 1.807) is 0 Å². The lowest BCUT2D eigenvalue weighted by molar-refractivity contribution is -0.127. The smallest absolute Gasteiger partial charge is 0.233 e. The average Bonchev–Trinajstić information content (AvgIpc) is 3.27. The summed E-state index contributed by atoms with van der Waals surface area (Å²) in [5.74, 6) is 1.90. The van der Waals surface area contributed by atoms with Crippen LogP contribution in [0.25, 0.3) is 0 Å². The fourth-order valence-corrected chi connectivity index (χ4v) is 4.47. The highest BCUT2D eigenvalue weighted by Gasteiger charge is 2.35. The number of carbonyl (C=O) groups is 1. The number of nitrogens with zero attached hydrogens (tertiary/aromatic N) is 4. The van der Waals surface area contributed by atoms with Crippen LogP contribution in [0.3, 0.4) is 0 Å². The maximum atomic E-state index is 12.5. The lowest BCUT2D eigenvalue weighted by atomic mass is 9.95. The summed E-state index contributed by atoms with van der Waals surface area (Å²) in [4.78, 5) is 21.3. The molecule has 2 aliphatic heterocycles. The molecule has 7 nitrogen and oxygen atoms in total. The molecule has 2 saturated heterocycles. The maximum Gasteiger partial charge on any atom is 0.233 e. The van der Waals surface area contributed by atoms with Crippen LogP contribution in [0.5, 0.6) is 0 Å². The topological polar surface area (TPSA) is 85.3 Å². The first kappa shape index (κ1) is 18.7. The molecule has 0 saturated carbocycles. The lowest BCUT2D eigenvalue weighted by Gasteiger charge is -2.30. The number of nitrogens with one attached hydrogen (secondary N) is 1. The van der Waals surface area contributed by atoms with Crippen molar-refractivity contribution in [1.82, 2.24) is 25.0 Å². The van der Waals surface area contributed by atoms with Gasteiger partial charge in [-0.15, -0.1) is 5.10 Å². The molecule has 0 aliphatic carbocycles.